The van der Waals surface area contributed by atoms with Gasteiger partial charge in [0.25, 0.3) is 0 Å². The second kappa shape index (κ2) is 8.74. The van der Waals surface area contributed by atoms with Crippen LogP contribution < -0.4 is 20.3 Å². The highest BCUT2D eigenvalue weighted by molar-refractivity contribution is 5.77. The molecule has 1 unspecified atom stereocenters. The smallest absolute Gasteiger partial charge is 0.320 e. The molecule has 2 N–H and O–H groups in total. The number of carbonyl (C=O) groups excluding carboxylic acids is 1. The number of carbonyl (C=O) groups is 1. The lowest BCUT2D eigenvalue weighted by molar-refractivity contribution is -0.132. The molecule has 2 aliphatic heterocycles. The van der Waals surface area contributed by atoms with Crippen molar-refractivity contribution in [3.63, 3.8) is 0 Å². The van der Waals surface area contributed by atoms with E-state index in [-0.39, 0.29) is 19.1 Å². The maximum atomic E-state index is 10.6. The fraction of sp³-hybridized carbons (Fsp3) is 0.200. The molecule has 2 heterocycles. The molecule has 0 aromatic heterocycles. The van der Waals surface area contributed by atoms with E-state index in [2.05, 4.69) is 21.7 Å². The summed E-state index contributed by atoms with van der Waals surface area (Å²) in [4.78, 5) is 20.1. The third kappa shape index (κ3) is 4.03. The molecule has 5 rings (SSSR count). The van der Waals surface area contributed by atoms with Crippen molar-refractivity contribution < 1.29 is 23.8 Å². The Kier molecular flexibility index (Phi) is 5.48. The molecule has 0 fully saturated rings. The van der Waals surface area contributed by atoms with Crippen LogP contribution in [0.1, 0.15) is 16.7 Å². The molecule has 0 bridgehead atoms. The van der Waals surface area contributed by atoms with Crippen molar-refractivity contribution in [2.75, 3.05) is 25.6 Å². The number of rotatable bonds is 7. The van der Waals surface area contributed by atoms with Crippen LogP contribution in [0.5, 0.6) is 11.5 Å². The highest BCUT2D eigenvalue weighted by Gasteiger charge is 2.41. The number of hydrogen-bond acceptors (Lipinski definition) is 8. The first kappa shape index (κ1) is 20.7. The van der Waals surface area contributed by atoms with E-state index in [0.29, 0.717) is 6.61 Å². The van der Waals surface area contributed by atoms with Gasteiger partial charge in [-0.3, -0.25) is 4.79 Å². The van der Waals surface area contributed by atoms with E-state index in [9.17, 15) is 4.79 Å². The molecule has 1 atom stereocenters. The Balaban J connectivity index is 1.54. The van der Waals surface area contributed by atoms with E-state index in [1.165, 1.54) is 0 Å². The van der Waals surface area contributed by atoms with Crippen molar-refractivity contribution in [1.82, 2.24) is 5.48 Å². The van der Waals surface area contributed by atoms with Gasteiger partial charge in [-0.05, 0) is 53.1 Å². The largest absolute Gasteiger partial charge is 0.497 e. The maximum absolute atomic E-state index is 10.6. The summed E-state index contributed by atoms with van der Waals surface area (Å²) >= 11 is 0. The summed E-state index contributed by atoms with van der Waals surface area (Å²) in [6.45, 7) is 1.21. The standard InChI is InChI=1S/C25H23N3O5/c1-30-22-7-3-6-21(14-22)26-20-5-2-4-18(13-20)25(15-32-24(27-25)28-33-16-29)19-8-9-23-17(12-19)10-11-31-23/h2-9,12-14,16,26H,10-11,15H2,1H3,(H,27,28). The van der Waals surface area contributed by atoms with Crippen molar-refractivity contribution >= 4 is 23.9 Å². The van der Waals surface area contributed by atoms with Crippen LogP contribution in [0, 0.1) is 0 Å². The van der Waals surface area contributed by atoms with Crippen LogP contribution in [0.4, 0.5) is 11.4 Å². The van der Waals surface area contributed by atoms with E-state index >= 15 is 0 Å². The number of amidine groups is 1. The molecule has 3 aromatic rings. The molecule has 0 spiro atoms. The van der Waals surface area contributed by atoms with Gasteiger partial charge in [-0.1, -0.05) is 24.3 Å². The predicted molar refractivity (Wildman–Crippen MR) is 123 cm³/mol. The Labute approximate surface area is 191 Å². The summed E-state index contributed by atoms with van der Waals surface area (Å²) < 4.78 is 16.8. The van der Waals surface area contributed by atoms with Gasteiger partial charge in [-0.2, -0.15) is 5.48 Å². The Morgan fingerprint density at radius 3 is 2.67 bits per heavy atom. The lowest BCUT2D eigenvalue weighted by Gasteiger charge is -2.26. The molecular weight excluding hydrogens is 422 g/mol. The van der Waals surface area contributed by atoms with E-state index < -0.39 is 5.54 Å². The van der Waals surface area contributed by atoms with Gasteiger partial charge in [0.2, 0.25) is 0 Å². The van der Waals surface area contributed by atoms with Crippen molar-refractivity contribution in [3.8, 4) is 11.5 Å². The first-order valence-electron chi connectivity index (χ1n) is 10.6. The Hall–Kier alpha value is -4.20. The monoisotopic (exact) mass is 445 g/mol. The molecule has 2 aliphatic rings. The van der Waals surface area contributed by atoms with Crippen molar-refractivity contribution in [2.24, 2.45) is 4.99 Å². The SMILES string of the molecule is COc1cccc(Nc2cccc(C3(c4ccc5c(c4)CCO5)COC(NOC=O)=N3)c2)c1. The Bertz CT molecular complexity index is 1210. The van der Waals surface area contributed by atoms with Gasteiger partial charge in [0.15, 0.2) is 5.54 Å². The minimum Gasteiger partial charge on any atom is -0.497 e. The quantitative estimate of drug-likeness (QED) is 0.424. The first-order valence-corrected chi connectivity index (χ1v) is 10.6. The number of anilines is 2. The third-order valence-electron chi connectivity index (χ3n) is 5.77. The third-order valence-corrected chi connectivity index (χ3v) is 5.77. The number of hydrogen-bond donors (Lipinski definition) is 2. The number of nitrogens with zero attached hydrogens (tertiary/aromatic N) is 1. The summed E-state index contributed by atoms with van der Waals surface area (Å²) in [5.41, 5.74) is 6.46. The minimum absolute atomic E-state index is 0.144. The maximum Gasteiger partial charge on any atom is 0.320 e. The lowest BCUT2D eigenvalue weighted by Crippen LogP contribution is -2.27. The second-order valence-electron chi connectivity index (χ2n) is 7.74. The highest BCUT2D eigenvalue weighted by atomic mass is 16.7. The topological polar surface area (TPSA) is 90.4 Å². The number of methoxy groups -OCH3 is 1. The molecule has 33 heavy (non-hydrogen) atoms. The number of fused-ring (bicyclic) bond motifs is 1. The van der Waals surface area contributed by atoms with Crippen molar-refractivity contribution in [3.05, 3.63) is 83.4 Å². The average molecular weight is 445 g/mol. The van der Waals surface area contributed by atoms with E-state index in [0.717, 1.165) is 46.0 Å². The number of ether oxygens (including phenoxy) is 3. The van der Waals surface area contributed by atoms with Crippen molar-refractivity contribution in [1.29, 1.82) is 0 Å². The van der Waals surface area contributed by atoms with E-state index in [1.807, 2.05) is 60.7 Å². The predicted octanol–water partition coefficient (Wildman–Crippen LogP) is 3.68. The summed E-state index contributed by atoms with van der Waals surface area (Å²) in [5.74, 6) is 1.67. The van der Waals surface area contributed by atoms with E-state index in [4.69, 9.17) is 19.2 Å². The zero-order valence-corrected chi connectivity index (χ0v) is 18.0. The summed E-state index contributed by atoms with van der Waals surface area (Å²) in [7, 11) is 1.64. The Morgan fingerprint density at radius 1 is 1.00 bits per heavy atom. The summed E-state index contributed by atoms with van der Waals surface area (Å²) in [5, 5.41) is 3.42. The van der Waals surface area contributed by atoms with Gasteiger partial charge in [0, 0.05) is 23.9 Å². The number of benzene rings is 3. The molecular formula is C25H23N3O5. The Morgan fingerprint density at radius 2 is 1.82 bits per heavy atom. The first-order chi connectivity index (χ1) is 16.2. The van der Waals surface area contributed by atoms with Crippen LogP contribution in [-0.2, 0) is 26.3 Å². The van der Waals surface area contributed by atoms with Gasteiger partial charge in [-0.25, -0.2) is 4.99 Å². The van der Waals surface area contributed by atoms with Gasteiger partial charge in [0.1, 0.15) is 18.1 Å². The van der Waals surface area contributed by atoms with Crippen LogP contribution in [0.3, 0.4) is 0 Å². The molecule has 0 saturated carbocycles. The van der Waals surface area contributed by atoms with Crippen molar-refractivity contribution in [2.45, 2.75) is 12.0 Å². The van der Waals surface area contributed by atoms with Crippen LogP contribution in [0.25, 0.3) is 0 Å². The van der Waals surface area contributed by atoms with Gasteiger partial charge >= 0.3 is 12.5 Å². The number of nitrogens with one attached hydrogen (secondary N) is 2. The van der Waals surface area contributed by atoms with Gasteiger partial charge < -0.3 is 24.4 Å². The molecule has 0 amide bonds. The fourth-order valence-electron chi connectivity index (χ4n) is 4.17. The number of hydroxylamine groups is 1. The summed E-state index contributed by atoms with van der Waals surface area (Å²) in [6, 6.07) is 22.0. The zero-order chi connectivity index (χ0) is 22.7. The van der Waals surface area contributed by atoms with Crippen LogP contribution in [-0.4, -0.2) is 32.8 Å². The molecule has 8 nitrogen and oxygen atoms in total. The fourth-order valence-corrected chi connectivity index (χ4v) is 4.17. The molecule has 0 radical (unpaired) electrons. The lowest BCUT2D eigenvalue weighted by atomic mass is 9.83. The van der Waals surface area contributed by atoms with Gasteiger partial charge in [-0.15, -0.1) is 0 Å². The number of aliphatic imine (C=N–C) groups is 1. The highest BCUT2D eigenvalue weighted by Crippen LogP contribution is 2.41. The van der Waals surface area contributed by atoms with Crippen LogP contribution in [0.2, 0.25) is 0 Å². The molecule has 0 aliphatic carbocycles. The van der Waals surface area contributed by atoms with Crippen LogP contribution >= 0.6 is 0 Å². The van der Waals surface area contributed by atoms with E-state index in [1.54, 1.807) is 7.11 Å². The molecule has 168 valence electrons. The second-order valence-corrected chi connectivity index (χ2v) is 7.74. The average Bonchev–Trinajstić information content (AvgIpc) is 3.50. The summed E-state index contributed by atoms with van der Waals surface area (Å²) in [6.07, 6.45) is 0.848. The molecule has 0 saturated heterocycles. The molecule has 3 aromatic carbocycles. The van der Waals surface area contributed by atoms with Gasteiger partial charge in [0.05, 0.1) is 13.7 Å². The van der Waals surface area contributed by atoms with Crippen LogP contribution in [0.15, 0.2) is 71.7 Å². The minimum atomic E-state index is -0.821. The zero-order valence-electron chi connectivity index (χ0n) is 18.0. The normalized spacial score (nSPS) is 18.4. The molecule has 8 heteroatoms.